The number of nitrogens with zero attached hydrogens (tertiary/aromatic N) is 2. The number of aryl methyl sites for hydroxylation is 1. The van der Waals surface area contributed by atoms with Crippen LogP contribution in [0.15, 0.2) is 6.20 Å². The summed E-state index contributed by atoms with van der Waals surface area (Å²) in [6, 6.07) is 0.637. The van der Waals surface area contributed by atoms with E-state index in [1.807, 2.05) is 6.20 Å². The molecule has 0 radical (unpaired) electrons. The molecule has 1 aromatic heterocycles. The summed E-state index contributed by atoms with van der Waals surface area (Å²) in [5.74, 6) is 0. The van der Waals surface area contributed by atoms with E-state index in [-0.39, 0.29) is 0 Å². The standard InChI is InChI=1S/C11H21N3S/c1-5-9(2)13(4)6-7-14-10(3)8-12-11(14)15/h8-9H,5-7H2,1-4H3,(H,12,15). The first-order valence-corrected chi connectivity index (χ1v) is 5.92. The molecule has 0 aliphatic carbocycles. The Bertz CT molecular complexity index is 353. The molecule has 15 heavy (non-hydrogen) atoms. The van der Waals surface area contributed by atoms with Gasteiger partial charge in [0.1, 0.15) is 0 Å². The Morgan fingerprint density at radius 3 is 2.73 bits per heavy atom. The molecule has 1 unspecified atom stereocenters. The second-order valence-electron chi connectivity index (χ2n) is 4.12. The van der Waals surface area contributed by atoms with Crippen molar-refractivity contribution in [2.24, 2.45) is 0 Å². The van der Waals surface area contributed by atoms with E-state index < -0.39 is 0 Å². The predicted octanol–water partition coefficient (Wildman–Crippen LogP) is 2.58. The zero-order valence-corrected chi connectivity index (χ0v) is 10.9. The highest BCUT2D eigenvalue weighted by Gasteiger charge is 2.07. The van der Waals surface area contributed by atoms with Crippen molar-refractivity contribution in [2.45, 2.75) is 39.8 Å². The van der Waals surface area contributed by atoms with Crippen molar-refractivity contribution in [3.63, 3.8) is 0 Å². The molecule has 1 atom stereocenters. The van der Waals surface area contributed by atoms with Gasteiger partial charge in [0.2, 0.25) is 0 Å². The number of nitrogens with one attached hydrogen (secondary N) is 1. The van der Waals surface area contributed by atoms with Crippen LogP contribution in [0.5, 0.6) is 0 Å². The summed E-state index contributed by atoms with van der Waals surface area (Å²) in [4.78, 5) is 5.43. The van der Waals surface area contributed by atoms with Crippen LogP contribution in [0.1, 0.15) is 26.0 Å². The number of aromatic amines is 1. The van der Waals surface area contributed by atoms with Crippen LogP contribution in [0.3, 0.4) is 0 Å². The summed E-state index contributed by atoms with van der Waals surface area (Å²) < 4.78 is 2.97. The van der Waals surface area contributed by atoms with Gasteiger partial charge in [0, 0.05) is 31.0 Å². The normalized spacial score (nSPS) is 13.4. The molecule has 3 nitrogen and oxygen atoms in total. The molecule has 0 saturated heterocycles. The second kappa shape index (κ2) is 5.47. The van der Waals surface area contributed by atoms with Crippen molar-refractivity contribution < 1.29 is 0 Å². The molecule has 0 saturated carbocycles. The molecule has 0 aliphatic heterocycles. The van der Waals surface area contributed by atoms with Crippen LogP contribution in [0, 0.1) is 11.7 Å². The molecular formula is C11H21N3S. The Morgan fingerprint density at radius 1 is 1.60 bits per heavy atom. The summed E-state index contributed by atoms with van der Waals surface area (Å²) in [5, 5.41) is 0. The average Bonchev–Trinajstić information content (AvgIpc) is 2.54. The lowest BCUT2D eigenvalue weighted by Gasteiger charge is -2.23. The summed E-state index contributed by atoms with van der Waals surface area (Å²) >= 11 is 5.21. The molecular weight excluding hydrogens is 206 g/mol. The molecule has 1 N–H and O–H groups in total. The quantitative estimate of drug-likeness (QED) is 0.782. The van der Waals surface area contributed by atoms with Gasteiger partial charge in [0.25, 0.3) is 0 Å². The van der Waals surface area contributed by atoms with Gasteiger partial charge in [-0.25, -0.2) is 0 Å². The molecule has 0 aliphatic rings. The van der Waals surface area contributed by atoms with Crippen LogP contribution in [0.25, 0.3) is 0 Å². The molecule has 0 fully saturated rings. The molecule has 1 heterocycles. The number of hydrogen-bond acceptors (Lipinski definition) is 2. The molecule has 0 bridgehead atoms. The van der Waals surface area contributed by atoms with Gasteiger partial charge < -0.3 is 14.5 Å². The predicted molar refractivity (Wildman–Crippen MR) is 66.7 cm³/mol. The first-order chi connectivity index (χ1) is 7.06. The number of hydrogen-bond donors (Lipinski definition) is 1. The third kappa shape index (κ3) is 3.18. The van der Waals surface area contributed by atoms with Gasteiger partial charge in [-0.05, 0) is 39.5 Å². The first-order valence-electron chi connectivity index (χ1n) is 5.51. The van der Waals surface area contributed by atoms with E-state index in [0.29, 0.717) is 6.04 Å². The Labute approximate surface area is 97.1 Å². The summed E-state index contributed by atoms with van der Waals surface area (Å²) in [5.41, 5.74) is 1.21. The summed E-state index contributed by atoms with van der Waals surface area (Å²) in [7, 11) is 2.17. The van der Waals surface area contributed by atoms with Crippen molar-refractivity contribution in [1.82, 2.24) is 14.5 Å². The van der Waals surface area contributed by atoms with Gasteiger partial charge >= 0.3 is 0 Å². The van der Waals surface area contributed by atoms with E-state index >= 15 is 0 Å². The van der Waals surface area contributed by atoms with Gasteiger partial charge in [-0.1, -0.05) is 6.92 Å². The van der Waals surface area contributed by atoms with Gasteiger partial charge in [0.15, 0.2) is 4.77 Å². The van der Waals surface area contributed by atoms with Crippen LogP contribution < -0.4 is 0 Å². The number of rotatable bonds is 5. The maximum atomic E-state index is 5.21. The molecule has 1 aromatic rings. The molecule has 0 spiro atoms. The Kier molecular flexibility index (Phi) is 4.54. The molecule has 0 aromatic carbocycles. The van der Waals surface area contributed by atoms with Gasteiger partial charge in [0.05, 0.1) is 0 Å². The van der Waals surface area contributed by atoms with E-state index in [4.69, 9.17) is 12.2 Å². The minimum absolute atomic E-state index is 0.637. The highest BCUT2D eigenvalue weighted by molar-refractivity contribution is 7.71. The molecule has 1 rings (SSSR count). The van der Waals surface area contributed by atoms with Crippen LogP contribution in [0.2, 0.25) is 0 Å². The lowest BCUT2D eigenvalue weighted by Crippen LogP contribution is -2.31. The number of aromatic nitrogens is 2. The number of likely N-dealkylation sites (N-methyl/N-ethyl adjacent to an activating group) is 1. The van der Waals surface area contributed by atoms with E-state index in [0.717, 1.165) is 17.9 Å². The van der Waals surface area contributed by atoms with E-state index in [1.54, 1.807) is 0 Å². The largest absolute Gasteiger partial charge is 0.337 e. The lowest BCUT2D eigenvalue weighted by atomic mass is 10.2. The van der Waals surface area contributed by atoms with E-state index in [2.05, 4.69) is 42.3 Å². The van der Waals surface area contributed by atoms with E-state index in [9.17, 15) is 0 Å². The Morgan fingerprint density at radius 2 is 2.27 bits per heavy atom. The van der Waals surface area contributed by atoms with Crippen molar-refractivity contribution >= 4 is 12.2 Å². The minimum atomic E-state index is 0.637. The SMILES string of the molecule is CCC(C)N(C)CCn1c(C)c[nH]c1=S. The third-order valence-electron chi connectivity index (χ3n) is 3.10. The van der Waals surface area contributed by atoms with Gasteiger partial charge in [-0.2, -0.15) is 0 Å². The van der Waals surface area contributed by atoms with Crippen molar-refractivity contribution in [2.75, 3.05) is 13.6 Å². The topological polar surface area (TPSA) is 24.0 Å². The third-order valence-corrected chi connectivity index (χ3v) is 3.43. The summed E-state index contributed by atoms with van der Waals surface area (Å²) in [6.45, 7) is 8.56. The Balaban J connectivity index is 2.54. The van der Waals surface area contributed by atoms with Crippen LogP contribution in [-0.2, 0) is 6.54 Å². The molecule has 4 heteroatoms. The van der Waals surface area contributed by atoms with Crippen LogP contribution >= 0.6 is 12.2 Å². The highest BCUT2D eigenvalue weighted by Crippen LogP contribution is 2.03. The smallest absolute Gasteiger partial charge is 0.177 e. The van der Waals surface area contributed by atoms with Gasteiger partial charge in [-0.15, -0.1) is 0 Å². The van der Waals surface area contributed by atoms with Crippen LogP contribution in [0.4, 0.5) is 0 Å². The highest BCUT2D eigenvalue weighted by atomic mass is 32.1. The first kappa shape index (κ1) is 12.5. The van der Waals surface area contributed by atoms with E-state index in [1.165, 1.54) is 12.1 Å². The maximum Gasteiger partial charge on any atom is 0.177 e. The Hall–Kier alpha value is -0.610. The van der Waals surface area contributed by atoms with Crippen molar-refractivity contribution in [3.05, 3.63) is 16.7 Å². The second-order valence-corrected chi connectivity index (χ2v) is 4.51. The monoisotopic (exact) mass is 227 g/mol. The number of H-pyrrole nitrogens is 1. The lowest BCUT2D eigenvalue weighted by molar-refractivity contribution is 0.241. The van der Waals surface area contributed by atoms with Crippen molar-refractivity contribution in [3.8, 4) is 0 Å². The van der Waals surface area contributed by atoms with Crippen molar-refractivity contribution in [1.29, 1.82) is 0 Å². The molecule has 0 amide bonds. The minimum Gasteiger partial charge on any atom is -0.337 e. The number of imidazole rings is 1. The zero-order valence-electron chi connectivity index (χ0n) is 10.1. The summed E-state index contributed by atoms with van der Waals surface area (Å²) in [6.07, 6.45) is 3.15. The maximum absolute atomic E-state index is 5.21. The average molecular weight is 227 g/mol. The van der Waals surface area contributed by atoms with Gasteiger partial charge in [-0.3, -0.25) is 0 Å². The molecule has 86 valence electrons. The van der Waals surface area contributed by atoms with Crippen LogP contribution in [-0.4, -0.2) is 34.1 Å². The zero-order chi connectivity index (χ0) is 11.4. The fourth-order valence-corrected chi connectivity index (χ4v) is 1.84. The fourth-order valence-electron chi connectivity index (χ4n) is 1.55. The fraction of sp³-hybridized carbons (Fsp3) is 0.727.